The third-order valence-electron chi connectivity index (χ3n) is 5.70. The second-order valence-electron chi connectivity index (χ2n) is 9.58. The van der Waals surface area contributed by atoms with E-state index in [1.54, 1.807) is 24.3 Å². The Hall–Kier alpha value is -1.85. The van der Waals surface area contributed by atoms with Crippen LogP contribution in [0.5, 0.6) is 0 Å². The van der Waals surface area contributed by atoms with Gasteiger partial charge in [-0.25, -0.2) is 14.2 Å². The number of hydrogen-bond acceptors (Lipinski definition) is 9. The van der Waals surface area contributed by atoms with E-state index in [-0.39, 0.29) is 11.1 Å². The third kappa shape index (κ3) is 19.4. The summed E-state index contributed by atoms with van der Waals surface area (Å²) in [5, 5.41) is 0. The number of phosphoric ester groups is 1. The number of ether oxygens (including phenoxy) is 5. The van der Waals surface area contributed by atoms with Crippen molar-refractivity contribution in [3.63, 3.8) is 0 Å². The predicted molar refractivity (Wildman–Crippen MR) is 160 cm³/mol. The topological polar surface area (TPSA) is 147 Å². The van der Waals surface area contributed by atoms with Crippen molar-refractivity contribution >= 4 is 19.8 Å². The highest BCUT2D eigenvalue weighted by atomic mass is 31.2. The van der Waals surface area contributed by atoms with Gasteiger partial charge < -0.3 is 33.5 Å². The van der Waals surface area contributed by atoms with Gasteiger partial charge in [0.15, 0.2) is 0 Å². The molecule has 0 atom stereocenters. The first kappa shape index (κ1) is 40.1. The average Bonchev–Trinajstić information content (AvgIpc) is 2.96. The van der Waals surface area contributed by atoms with E-state index in [0.29, 0.717) is 33.0 Å². The monoisotopic (exact) mass is 620 g/mol. The molecule has 2 N–H and O–H groups in total. The Balaban J connectivity index is 0.000000803. The van der Waals surface area contributed by atoms with Crippen molar-refractivity contribution < 1.29 is 52.1 Å². The Morgan fingerprint density at radius 1 is 0.643 bits per heavy atom. The molecule has 0 radical (unpaired) electrons. The maximum absolute atomic E-state index is 11.9. The zero-order chi connectivity index (χ0) is 31.7. The second kappa shape index (κ2) is 24.6. The highest BCUT2D eigenvalue weighted by Crippen LogP contribution is 2.38. The van der Waals surface area contributed by atoms with Gasteiger partial charge in [0.1, 0.15) is 6.61 Å². The largest absolute Gasteiger partial charge is 0.469 e. The standard InChI is InChI=1S/C16H22O4.C14H31O7P/c1-3-5-11-19-15(17)13-9-7-8-10-14(13)16(18)20-12-6-4-2;1-4-7-10-18-14(19-11-8-5-2,20-12-9-6-3)13-21-22(15,16)17/h7-10H,3-6,11-12H2,1-2H3;4-13H2,1-3H3,(H2,15,16,17). The average molecular weight is 621 g/mol. The van der Waals surface area contributed by atoms with Crippen LogP contribution in [0.15, 0.2) is 24.3 Å². The first-order valence-electron chi connectivity index (χ1n) is 15.1. The fourth-order valence-corrected chi connectivity index (χ4v) is 3.47. The normalized spacial score (nSPS) is 11.5. The molecular formula is C30H53O11P. The fraction of sp³-hybridized carbons (Fsp3) is 0.733. The van der Waals surface area contributed by atoms with Crippen LogP contribution in [0.3, 0.4) is 0 Å². The van der Waals surface area contributed by atoms with E-state index in [4.69, 9.17) is 33.5 Å². The summed E-state index contributed by atoms with van der Waals surface area (Å²) in [5.74, 6) is -2.50. The number of benzene rings is 1. The van der Waals surface area contributed by atoms with Crippen LogP contribution in [0.1, 0.15) is 120 Å². The first-order valence-corrected chi connectivity index (χ1v) is 16.7. The van der Waals surface area contributed by atoms with Crippen molar-refractivity contribution in [3.8, 4) is 0 Å². The molecule has 0 spiro atoms. The summed E-state index contributed by atoms with van der Waals surface area (Å²) in [6, 6.07) is 6.59. The van der Waals surface area contributed by atoms with Crippen molar-refractivity contribution in [2.24, 2.45) is 0 Å². The molecule has 0 aliphatic carbocycles. The molecule has 11 nitrogen and oxygen atoms in total. The molecule has 0 amide bonds. The van der Waals surface area contributed by atoms with Gasteiger partial charge in [0.25, 0.3) is 0 Å². The quantitative estimate of drug-likeness (QED) is 0.0576. The van der Waals surface area contributed by atoms with E-state index in [1.165, 1.54) is 0 Å². The highest BCUT2D eigenvalue weighted by molar-refractivity contribution is 7.46. The Morgan fingerprint density at radius 2 is 0.976 bits per heavy atom. The maximum Gasteiger partial charge on any atom is 0.469 e. The molecule has 1 aromatic carbocycles. The molecule has 1 aromatic rings. The van der Waals surface area contributed by atoms with Crippen LogP contribution in [-0.4, -0.2) is 67.3 Å². The molecule has 0 saturated heterocycles. The third-order valence-corrected chi connectivity index (χ3v) is 6.16. The summed E-state index contributed by atoms with van der Waals surface area (Å²) in [5.41, 5.74) is 0.537. The van der Waals surface area contributed by atoms with Crippen molar-refractivity contribution in [1.82, 2.24) is 0 Å². The van der Waals surface area contributed by atoms with Crippen LogP contribution < -0.4 is 0 Å². The van der Waals surface area contributed by atoms with Crippen molar-refractivity contribution in [3.05, 3.63) is 35.4 Å². The van der Waals surface area contributed by atoms with Gasteiger partial charge >= 0.3 is 25.7 Å². The lowest BCUT2D eigenvalue weighted by atomic mass is 10.1. The number of unbranched alkanes of at least 4 members (excludes halogenated alkanes) is 5. The molecule has 0 aromatic heterocycles. The highest BCUT2D eigenvalue weighted by Gasteiger charge is 2.37. The van der Waals surface area contributed by atoms with E-state index in [9.17, 15) is 14.2 Å². The molecule has 0 unspecified atom stereocenters. The van der Waals surface area contributed by atoms with Crippen molar-refractivity contribution in [1.29, 1.82) is 0 Å². The summed E-state index contributed by atoms with van der Waals surface area (Å²) >= 11 is 0. The Labute approximate surface area is 251 Å². The number of rotatable bonds is 23. The zero-order valence-electron chi connectivity index (χ0n) is 26.1. The molecule has 0 bridgehead atoms. The maximum atomic E-state index is 11.9. The number of carbonyl (C=O) groups excluding carboxylic acids is 2. The second-order valence-corrected chi connectivity index (χ2v) is 10.8. The molecule has 0 fully saturated rings. The summed E-state index contributed by atoms with van der Waals surface area (Å²) in [7, 11) is -4.62. The van der Waals surface area contributed by atoms with Crippen LogP contribution in [0.4, 0.5) is 0 Å². The minimum atomic E-state index is -4.62. The van der Waals surface area contributed by atoms with Gasteiger partial charge in [0, 0.05) is 0 Å². The summed E-state index contributed by atoms with van der Waals surface area (Å²) in [6.45, 7) is 11.5. The molecule has 42 heavy (non-hydrogen) atoms. The Bertz CT molecular complexity index is 820. The van der Waals surface area contributed by atoms with Crippen LogP contribution in [0, 0.1) is 0 Å². The van der Waals surface area contributed by atoms with Gasteiger partial charge in [-0.3, -0.25) is 4.52 Å². The molecule has 1 rings (SSSR count). The Morgan fingerprint density at radius 3 is 1.29 bits per heavy atom. The smallest absolute Gasteiger partial charge is 0.462 e. The van der Waals surface area contributed by atoms with E-state index < -0.39 is 32.3 Å². The molecule has 12 heteroatoms. The lowest BCUT2D eigenvalue weighted by Crippen LogP contribution is -2.44. The van der Waals surface area contributed by atoms with E-state index in [1.807, 2.05) is 34.6 Å². The van der Waals surface area contributed by atoms with E-state index >= 15 is 0 Å². The van der Waals surface area contributed by atoms with Crippen LogP contribution >= 0.6 is 7.82 Å². The number of phosphoric acid groups is 1. The minimum Gasteiger partial charge on any atom is -0.462 e. The van der Waals surface area contributed by atoms with Crippen LogP contribution in [0.25, 0.3) is 0 Å². The lowest BCUT2D eigenvalue weighted by Gasteiger charge is -2.33. The molecule has 244 valence electrons. The van der Waals surface area contributed by atoms with E-state index in [2.05, 4.69) is 4.52 Å². The van der Waals surface area contributed by atoms with Crippen LogP contribution in [-0.2, 0) is 32.8 Å². The number of hydrogen-bond donors (Lipinski definition) is 2. The van der Waals surface area contributed by atoms with Gasteiger partial charge in [-0.1, -0.05) is 78.9 Å². The Kier molecular flexibility index (Phi) is 23.5. The lowest BCUT2D eigenvalue weighted by molar-refractivity contribution is -0.390. The summed E-state index contributed by atoms with van der Waals surface area (Å²) in [6.07, 6.45) is 8.72. The summed E-state index contributed by atoms with van der Waals surface area (Å²) in [4.78, 5) is 41.7. The SMILES string of the molecule is CCCCOC(=O)c1ccccc1C(=O)OCCCC.CCCCOC(COP(=O)(O)O)(OCCCC)OCCCC. The van der Waals surface area contributed by atoms with Gasteiger partial charge in [-0.15, -0.1) is 0 Å². The molecule has 0 heterocycles. The van der Waals surface area contributed by atoms with Gasteiger partial charge in [-0.2, -0.15) is 0 Å². The fourth-order valence-electron chi connectivity index (χ4n) is 3.14. The molecule has 0 aliphatic rings. The van der Waals surface area contributed by atoms with Gasteiger partial charge in [0.2, 0.25) is 0 Å². The predicted octanol–water partition coefficient (Wildman–Crippen LogP) is 6.80. The molecule has 0 saturated carbocycles. The van der Waals surface area contributed by atoms with Gasteiger partial charge in [0.05, 0.1) is 44.2 Å². The summed E-state index contributed by atoms with van der Waals surface area (Å²) < 4.78 is 42.8. The van der Waals surface area contributed by atoms with Crippen molar-refractivity contribution in [2.45, 2.75) is 105 Å². The van der Waals surface area contributed by atoms with Crippen LogP contribution in [0.2, 0.25) is 0 Å². The first-order chi connectivity index (χ1) is 20.1. The van der Waals surface area contributed by atoms with Gasteiger partial charge in [-0.05, 0) is 44.2 Å². The zero-order valence-corrected chi connectivity index (χ0v) is 27.0. The number of carbonyl (C=O) groups is 2. The number of esters is 2. The van der Waals surface area contributed by atoms with Crippen molar-refractivity contribution in [2.75, 3.05) is 39.6 Å². The van der Waals surface area contributed by atoms with E-state index in [0.717, 1.165) is 64.2 Å². The minimum absolute atomic E-state index is 0.269. The molecule has 0 aliphatic heterocycles. The molecular weight excluding hydrogens is 567 g/mol.